The minimum Gasteiger partial charge on any atom is -0.381 e. The molecule has 0 aromatic heterocycles. The molecule has 2 aromatic carbocycles. The van der Waals surface area contributed by atoms with Crippen molar-refractivity contribution in [2.45, 2.75) is 19.4 Å². The molecule has 2 aromatic rings. The molecule has 0 saturated carbocycles. The summed E-state index contributed by atoms with van der Waals surface area (Å²) < 4.78 is 5.44. The van der Waals surface area contributed by atoms with Gasteiger partial charge in [-0.2, -0.15) is 0 Å². The van der Waals surface area contributed by atoms with Crippen LogP contribution in [0.25, 0.3) is 0 Å². The van der Waals surface area contributed by atoms with Crippen LogP contribution in [0.4, 0.5) is 0 Å². The fraction of sp³-hybridized carbons (Fsp3) is 0.350. The van der Waals surface area contributed by atoms with Crippen LogP contribution in [-0.4, -0.2) is 30.6 Å². The van der Waals surface area contributed by atoms with E-state index in [1.807, 2.05) is 35.2 Å². The Balaban J connectivity index is 1.83. The monoisotopic (exact) mass is 377 g/mol. The third-order valence-corrected chi connectivity index (χ3v) is 5.32. The molecule has 1 fully saturated rings. The number of benzene rings is 2. The van der Waals surface area contributed by atoms with Gasteiger partial charge in [0.15, 0.2) is 0 Å². The van der Waals surface area contributed by atoms with Gasteiger partial charge in [-0.3, -0.25) is 4.79 Å². The molecule has 0 aliphatic carbocycles. The van der Waals surface area contributed by atoms with Crippen molar-refractivity contribution in [3.63, 3.8) is 0 Å². The largest absolute Gasteiger partial charge is 0.381 e. The first-order valence-electron chi connectivity index (χ1n) is 8.50. The summed E-state index contributed by atoms with van der Waals surface area (Å²) in [5.74, 6) is 0.363. The number of amides is 1. The Labute approximate surface area is 158 Å². The maximum absolute atomic E-state index is 13.1. The van der Waals surface area contributed by atoms with E-state index < -0.39 is 0 Å². The summed E-state index contributed by atoms with van der Waals surface area (Å²) in [5.41, 5.74) is 1.55. The number of carbonyl (C=O) groups is 1. The minimum absolute atomic E-state index is 0.0807. The maximum Gasteiger partial charge on any atom is 0.255 e. The first kappa shape index (κ1) is 18.2. The fourth-order valence-corrected chi connectivity index (χ4v) is 3.48. The lowest BCUT2D eigenvalue weighted by Crippen LogP contribution is -2.37. The van der Waals surface area contributed by atoms with Crippen molar-refractivity contribution in [1.29, 1.82) is 0 Å². The zero-order chi connectivity index (χ0) is 17.6. The van der Waals surface area contributed by atoms with Gasteiger partial charge in [0, 0.05) is 26.3 Å². The number of ether oxygens (including phenoxy) is 1. The van der Waals surface area contributed by atoms with E-state index in [1.54, 1.807) is 18.2 Å². The van der Waals surface area contributed by atoms with Crippen LogP contribution in [-0.2, 0) is 11.3 Å². The smallest absolute Gasteiger partial charge is 0.255 e. The second-order valence-electron chi connectivity index (χ2n) is 6.33. The van der Waals surface area contributed by atoms with Gasteiger partial charge in [-0.1, -0.05) is 59.6 Å². The van der Waals surface area contributed by atoms with Crippen molar-refractivity contribution < 1.29 is 9.53 Å². The van der Waals surface area contributed by atoms with Crippen molar-refractivity contribution in [2.75, 3.05) is 19.8 Å². The SMILES string of the molecule is O=C(c1cccc(Cl)c1Cl)N(Cc1ccccc1)CC1CCOCC1. The summed E-state index contributed by atoms with van der Waals surface area (Å²) in [6.07, 6.45) is 1.95. The van der Waals surface area contributed by atoms with Crippen molar-refractivity contribution in [1.82, 2.24) is 4.90 Å². The number of nitrogens with zero attached hydrogens (tertiary/aromatic N) is 1. The highest BCUT2D eigenvalue weighted by molar-refractivity contribution is 6.43. The van der Waals surface area contributed by atoms with Gasteiger partial charge in [-0.05, 0) is 36.5 Å². The van der Waals surface area contributed by atoms with Gasteiger partial charge in [0.05, 0.1) is 15.6 Å². The van der Waals surface area contributed by atoms with Crippen LogP contribution in [0.3, 0.4) is 0 Å². The molecule has 3 rings (SSSR count). The molecule has 1 heterocycles. The summed E-state index contributed by atoms with van der Waals surface area (Å²) in [4.78, 5) is 15.0. The number of hydrogen-bond donors (Lipinski definition) is 0. The summed E-state index contributed by atoms with van der Waals surface area (Å²) in [6, 6.07) is 15.2. The Hall–Kier alpha value is -1.55. The molecule has 0 atom stereocenters. The van der Waals surface area contributed by atoms with Gasteiger partial charge in [0.1, 0.15) is 0 Å². The van der Waals surface area contributed by atoms with E-state index in [9.17, 15) is 4.79 Å². The lowest BCUT2D eigenvalue weighted by Gasteiger charge is -2.30. The van der Waals surface area contributed by atoms with Crippen LogP contribution in [0.5, 0.6) is 0 Å². The standard InChI is InChI=1S/C20H21Cl2NO2/c21-18-8-4-7-17(19(18)22)20(24)23(13-15-5-2-1-3-6-15)14-16-9-11-25-12-10-16/h1-8,16H,9-14H2. The summed E-state index contributed by atoms with van der Waals surface area (Å²) >= 11 is 12.4. The predicted molar refractivity (Wildman–Crippen MR) is 101 cm³/mol. The first-order chi connectivity index (χ1) is 12.1. The molecule has 25 heavy (non-hydrogen) atoms. The number of rotatable bonds is 5. The van der Waals surface area contributed by atoms with E-state index in [0.717, 1.165) is 31.6 Å². The number of halogens is 2. The van der Waals surface area contributed by atoms with Gasteiger partial charge in [-0.25, -0.2) is 0 Å². The molecular weight excluding hydrogens is 357 g/mol. The topological polar surface area (TPSA) is 29.5 Å². The van der Waals surface area contributed by atoms with E-state index in [4.69, 9.17) is 27.9 Å². The van der Waals surface area contributed by atoms with E-state index in [2.05, 4.69) is 0 Å². The van der Waals surface area contributed by atoms with Crippen molar-refractivity contribution in [3.05, 3.63) is 69.7 Å². The molecule has 1 aliphatic rings. The molecule has 0 radical (unpaired) electrons. The molecule has 0 N–H and O–H groups in total. The Kier molecular flexibility index (Phi) is 6.35. The molecule has 0 spiro atoms. The molecule has 3 nitrogen and oxygen atoms in total. The van der Waals surface area contributed by atoms with E-state index in [1.165, 1.54) is 0 Å². The van der Waals surface area contributed by atoms with Crippen molar-refractivity contribution >= 4 is 29.1 Å². The van der Waals surface area contributed by atoms with Gasteiger partial charge >= 0.3 is 0 Å². The number of hydrogen-bond acceptors (Lipinski definition) is 2. The zero-order valence-corrected chi connectivity index (χ0v) is 15.5. The van der Waals surface area contributed by atoms with Crippen LogP contribution in [0.2, 0.25) is 10.0 Å². The van der Waals surface area contributed by atoms with Crippen LogP contribution in [0.15, 0.2) is 48.5 Å². The molecule has 1 aliphatic heterocycles. The Morgan fingerprint density at radius 2 is 1.76 bits per heavy atom. The number of carbonyl (C=O) groups excluding carboxylic acids is 1. The molecule has 1 saturated heterocycles. The normalized spacial score (nSPS) is 15.1. The lowest BCUT2D eigenvalue weighted by molar-refractivity contribution is 0.0446. The minimum atomic E-state index is -0.0807. The highest BCUT2D eigenvalue weighted by atomic mass is 35.5. The molecule has 5 heteroatoms. The Morgan fingerprint density at radius 3 is 2.48 bits per heavy atom. The Bertz CT molecular complexity index is 715. The third-order valence-electron chi connectivity index (χ3n) is 4.50. The average molecular weight is 378 g/mol. The van der Waals surface area contributed by atoms with Gasteiger partial charge in [-0.15, -0.1) is 0 Å². The van der Waals surface area contributed by atoms with Gasteiger partial charge < -0.3 is 9.64 Å². The first-order valence-corrected chi connectivity index (χ1v) is 9.25. The van der Waals surface area contributed by atoms with E-state index >= 15 is 0 Å². The van der Waals surface area contributed by atoms with Crippen LogP contribution in [0, 0.1) is 5.92 Å². The second kappa shape index (κ2) is 8.70. The summed E-state index contributed by atoms with van der Waals surface area (Å²) in [7, 11) is 0. The average Bonchev–Trinajstić information content (AvgIpc) is 2.65. The van der Waals surface area contributed by atoms with Crippen molar-refractivity contribution in [2.24, 2.45) is 5.92 Å². The summed E-state index contributed by atoms with van der Waals surface area (Å²) in [5, 5.41) is 0.720. The molecule has 0 unspecified atom stereocenters. The van der Waals surface area contributed by atoms with Gasteiger partial charge in [0.2, 0.25) is 0 Å². The van der Waals surface area contributed by atoms with Crippen molar-refractivity contribution in [3.8, 4) is 0 Å². The van der Waals surface area contributed by atoms with Crippen LogP contribution in [0.1, 0.15) is 28.8 Å². The molecular formula is C20H21Cl2NO2. The van der Waals surface area contributed by atoms with Gasteiger partial charge in [0.25, 0.3) is 5.91 Å². The Morgan fingerprint density at radius 1 is 1.04 bits per heavy atom. The maximum atomic E-state index is 13.1. The van der Waals surface area contributed by atoms with Crippen LogP contribution >= 0.6 is 23.2 Å². The second-order valence-corrected chi connectivity index (χ2v) is 7.11. The lowest BCUT2D eigenvalue weighted by atomic mass is 9.99. The highest BCUT2D eigenvalue weighted by Gasteiger charge is 2.24. The molecule has 132 valence electrons. The highest BCUT2D eigenvalue weighted by Crippen LogP contribution is 2.28. The predicted octanol–water partition coefficient (Wildman–Crippen LogP) is 5.06. The quantitative estimate of drug-likeness (QED) is 0.728. The van der Waals surface area contributed by atoms with E-state index in [-0.39, 0.29) is 5.91 Å². The van der Waals surface area contributed by atoms with E-state index in [0.29, 0.717) is 34.6 Å². The summed E-state index contributed by atoms with van der Waals surface area (Å²) in [6.45, 7) is 2.77. The third kappa shape index (κ3) is 4.75. The zero-order valence-electron chi connectivity index (χ0n) is 14.0. The fourth-order valence-electron chi connectivity index (χ4n) is 3.10. The van der Waals surface area contributed by atoms with Crippen LogP contribution < -0.4 is 0 Å². The molecule has 1 amide bonds. The molecule has 0 bridgehead atoms.